The molecule has 32 heavy (non-hydrogen) atoms. The van der Waals surface area contributed by atoms with Crippen molar-refractivity contribution in [3.8, 4) is 0 Å². The van der Waals surface area contributed by atoms with E-state index in [1.807, 2.05) is 0 Å². The van der Waals surface area contributed by atoms with E-state index < -0.39 is 60.9 Å². The zero-order chi connectivity index (χ0) is 23.1. The van der Waals surface area contributed by atoms with E-state index in [0.29, 0.717) is 10.6 Å². The van der Waals surface area contributed by atoms with Crippen LogP contribution in [0.15, 0.2) is 42.5 Å². The second-order valence-corrected chi connectivity index (χ2v) is 7.18. The van der Waals surface area contributed by atoms with Gasteiger partial charge in [-0.2, -0.15) is 5.06 Å². The lowest BCUT2D eigenvalue weighted by Crippen LogP contribution is -2.47. The summed E-state index contributed by atoms with van der Waals surface area (Å²) in [7, 11) is 0. The molecule has 2 heterocycles. The standard InChI is InChI=1S/C21H22N2O9/c24-17(12-31-23-18(25)8-14-6-7-15(32-14)9-19(23)26)16(10-20(27)28)22-21(29)30-11-13-4-2-1-3-5-13/h1-7,14-16H,8-12H2,(H,22,29)(H,27,28). The Bertz CT molecular complexity index is 889. The van der Waals surface area contributed by atoms with Crippen LogP contribution in [-0.2, 0) is 40.1 Å². The molecule has 0 spiro atoms. The Kier molecular flexibility index (Phi) is 7.68. The van der Waals surface area contributed by atoms with Crippen LogP contribution in [0.5, 0.6) is 0 Å². The fraction of sp³-hybridized carbons (Fsp3) is 0.381. The molecule has 1 fully saturated rings. The van der Waals surface area contributed by atoms with Crippen LogP contribution in [0.3, 0.4) is 0 Å². The summed E-state index contributed by atoms with van der Waals surface area (Å²) < 4.78 is 10.5. The van der Waals surface area contributed by atoms with Gasteiger partial charge in [0.05, 0.1) is 31.5 Å². The van der Waals surface area contributed by atoms with Gasteiger partial charge in [-0.05, 0) is 5.56 Å². The highest BCUT2D eigenvalue weighted by Gasteiger charge is 2.35. The van der Waals surface area contributed by atoms with Crippen molar-refractivity contribution in [3.05, 3.63) is 48.0 Å². The molecular weight excluding hydrogens is 424 g/mol. The predicted molar refractivity (Wildman–Crippen MR) is 106 cm³/mol. The van der Waals surface area contributed by atoms with Crippen LogP contribution >= 0.6 is 0 Å². The Morgan fingerprint density at radius 3 is 2.31 bits per heavy atom. The van der Waals surface area contributed by atoms with Crippen LogP contribution in [0.4, 0.5) is 4.79 Å². The number of nitrogens with zero attached hydrogens (tertiary/aromatic N) is 1. The molecule has 2 bridgehead atoms. The third-order valence-electron chi connectivity index (χ3n) is 4.70. The summed E-state index contributed by atoms with van der Waals surface area (Å²) in [5.74, 6) is -3.57. The minimum atomic E-state index is -1.48. The molecule has 2 N–H and O–H groups in total. The van der Waals surface area contributed by atoms with Crippen molar-refractivity contribution in [2.75, 3.05) is 6.61 Å². The Morgan fingerprint density at radius 1 is 1.09 bits per heavy atom. The van der Waals surface area contributed by atoms with E-state index in [0.717, 1.165) is 0 Å². The van der Waals surface area contributed by atoms with Crippen LogP contribution in [0.25, 0.3) is 0 Å². The maximum absolute atomic E-state index is 12.5. The number of fused-ring (bicyclic) bond motifs is 2. The van der Waals surface area contributed by atoms with Crippen LogP contribution in [0.1, 0.15) is 24.8 Å². The van der Waals surface area contributed by atoms with E-state index in [2.05, 4.69) is 5.32 Å². The molecule has 1 aromatic carbocycles. The summed E-state index contributed by atoms with van der Waals surface area (Å²) in [6.45, 7) is -0.871. The van der Waals surface area contributed by atoms with E-state index in [4.69, 9.17) is 19.4 Å². The van der Waals surface area contributed by atoms with Crippen molar-refractivity contribution in [3.63, 3.8) is 0 Å². The quantitative estimate of drug-likeness (QED) is 0.413. The van der Waals surface area contributed by atoms with E-state index in [1.54, 1.807) is 42.5 Å². The van der Waals surface area contributed by atoms with E-state index in [1.165, 1.54) is 0 Å². The van der Waals surface area contributed by atoms with Gasteiger partial charge in [-0.3, -0.25) is 24.0 Å². The first-order valence-corrected chi connectivity index (χ1v) is 9.86. The molecule has 1 saturated heterocycles. The van der Waals surface area contributed by atoms with Crippen molar-refractivity contribution >= 4 is 29.7 Å². The second kappa shape index (κ2) is 10.6. The van der Waals surface area contributed by atoms with Crippen molar-refractivity contribution < 1.29 is 43.4 Å². The van der Waals surface area contributed by atoms with Crippen LogP contribution in [0.2, 0.25) is 0 Å². The highest BCUT2D eigenvalue weighted by atomic mass is 16.7. The maximum atomic E-state index is 12.5. The maximum Gasteiger partial charge on any atom is 0.408 e. The van der Waals surface area contributed by atoms with Gasteiger partial charge in [0, 0.05) is 0 Å². The largest absolute Gasteiger partial charge is 0.481 e. The number of carboxylic acid groups (broad SMARTS) is 1. The monoisotopic (exact) mass is 446 g/mol. The number of hydrogen-bond donors (Lipinski definition) is 2. The van der Waals surface area contributed by atoms with Crippen LogP contribution in [-0.4, -0.2) is 64.7 Å². The number of nitrogens with one attached hydrogen (secondary N) is 1. The first kappa shape index (κ1) is 23.1. The van der Waals surface area contributed by atoms with Crippen molar-refractivity contribution in [2.24, 2.45) is 0 Å². The molecule has 11 heteroatoms. The molecule has 2 aliphatic rings. The summed E-state index contributed by atoms with van der Waals surface area (Å²) in [5.41, 5.74) is 0.702. The Balaban J connectivity index is 1.55. The third kappa shape index (κ3) is 6.46. The zero-order valence-electron chi connectivity index (χ0n) is 17.0. The van der Waals surface area contributed by atoms with Gasteiger partial charge < -0.3 is 19.9 Å². The van der Waals surface area contributed by atoms with Gasteiger partial charge in [-0.25, -0.2) is 4.79 Å². The number of amides is 3. The number of benzene rings is 1. The lowest BCUT2D eigenvalue weighted by molar-refractivity contribution is -0.200. The number of imide groups is 1. The first-order chi connectivity index (χ1) is 15.3. The molecule has 3 unspecified atom stereocenters. The molecule has 11 nitrogen and oxygen atoms in total. The molecule has 0 aromatic heterocycles. The summed E-state index contributed by atoms with van der Waals surface area (Å²) in [5, 5.41) is 11.7. The molecule has 2 aliphatic heterocycles. The Morgan fingerprint density at radius 2 is 1.72 bits per heavy atom. The molecule has 3 rings (SSSR count). The number of carbonyl (C=O) groups excluding carboxylic acids is 4. The summed E-state index contributed by atoms with van der Waals surface area (Å²) in [6, 6.07) is 7.28. The van der Waals surface area contributed by atoms with Crippen molar-refractivity contribution in [2.45, 2.75) is 44.1 Å². The molecule has 0 aliphatic carbocycles. The van der Waals surface area contributed by atoms with Gasteiger partial charge in [-0.15, -0.1) is 0 Å². The topological polar surface area (TPSA) is 149 Å². The van der Waals surface area contributed by atoms with Gasteiger partial charge in [0.25, 0.3) is 11.8 Å². The lowest BCUT2D eigenvalue weighted by atomic mass is 10.1. The number of ketones is 1. The summed E-state index contributed by atoms with van der Waals surface area (Å²) >= 11 is 0. The highest BCUT2D eigenvalue weighted by Crippen LogP contribution is 2.22. The third-order valence-corrected chi connectivity index (χ3v) is 4.70. The van der Waals surface area contributed by atoms with E-state index in [-0.39, 0.29) is 19.4 Å². The number of Topliss-reactive ketones (excluding diaryl/α,β-unsaturated/α-hetero) is 1. The van der Waals surface area contributed by atoms with Gasteiger partial charge in [-0.1, -0.05) is 42.5 Å². The Hall–Kier alpha value is -3.57. The van der Waals surface area contributed by atoms with Crippen molar-refractivity contribution in [1.29, 1.82) is 0 Å². The number of hydrogen-bond acceptors (Lipinski definition) is 8. The number of rotatable bonds is 9. The van der Waals surface area contributed by atoms with Crippen LogP contribution < -0.4 is 5.32 Å². The number of ether oxygens (including phenoxy) is 2. The van der Waals surface area contributed by atoms with Gasteiger partial charge >= 0.3 is 12.1 Å². The van der Waals surface area contributed by atoms with Crippen LogP contribution in [0, 0.1) is 0 Å². The normalized spacial score (nSPS) is 20.9. The van der Waals surface area contributed by atoms with Crippen molar-refractivity contribution in [1.82, 2.24) is 10.4 Å². The minimum absolute atomic E-state index is 0.0770. The number of hydroxylamine groups is 2. The average Bonchev–Trinajstić information content (AvgIpc) is 3.19. The molecular formula is C21H22N2O9. The highest BCUT2D eigenvalue weighted by molar-refractivity contribution is 5.96. The SMILES string of the molecule is O=C(O)CC(NC(=O)OCc1ccccc1)C(=O)CON1C(=O)CC2C=CC(CC1=O)O2. The molecule has 3 atom stereocenters. The van der Waals surface area contributed by atoms with Gasteiger partial charge in [0.2, 0.25) is 0 Å². The molecule has 170 valence electrons. The number of carboxylic acids is 1. The number of carbonyl (C=O) groups is 5. The summed E-state index contributed by atoms with van der Waals surface area (Å²) in [6.07, 6.45) is 0.381. The second-order valence-electron chi connectivity index (χ2n) is 7.18. The first-order valence-electron chi connectivity index (χ1n) is 9.86. The summed E-state index contributed by atoms with van der Waals surface area (Å²) in [4.78, 5) is 65.4. The average molecular weight is 446 g/mol. The fourth-order valence-corrected chi connectivity index (χ4v) is 3.14. The van der Waals surface area contributed by atoms with E-state index >= 15 is 0 Å². The minimum Gasteiger partial charge on any atom is -0.481 e. The molecule has 0 saturated carbocycles. The zero-order valence-corrected chi connectivity index (χ0v) is 17.0. The van der Waals surface area contributed by atoms with E-state index in [9.17, 15) is 24.0 Å². The number of aliphatic carboxylic acids is 1. The number of alkyl carbamates (subject to hydrolysis) is 1. The molecule has 3 amide bonds. The smallest absolute Gasteiger partial charge is 0.408 e. The lowest BCUT2D eigenvalue weighted by Gasteiger charge is -2.25. The molecule has 1 aromatic rings. The molecule has 0 radical (unpaired) electrons. The Labute approximate surface area is 182 Å². The van der Waals surface area contributed by atoms with Gasteiger partial charge in [0.15, 0.2) is 5.78 Å². The van der Waals surface area contributed by atoms with Gasteiger partial charge in [0.1, 0.15) is 19.3 Å². The predicted octanol–water partition coefficient (Wildman–Crippen LogP) is 0.729. The fourth-order valence-electron chi connectivity index (χ4n) is 3.14.